The van der Waals surface area contributed by atoms with E-state index in [4.69, 9.17) is 4.74 Å². The van der Waals surface area contributed by atoms with Crippen LogP contribution in [0, 0.1) is 5.82 Å². The minimum absolute atomic E-state index is 0.107. The summed E-state index contributed by atoms with van der Waals surface area (Å²) in [6.45, 7) is 0.556. The molecule has 0 fully saturated rings. The van der Waals surface area contributed by atoms with Gasteiger partial charge in [0.1, 0.15) is 11.6 Å². The van der Waals surface area contributed by atoms with E-state index in [1.54, 1.807) is 0 Å². The van der Waals surface area contributed by atoms with Crippen LogP contribution in [0.5, 0.6) is 5.75 Å². The van der Waals surface area contributed by atoms with Gasteiger partial charge in [0, 0.05) is 12.1 Å². The second kappa shape index (κ2) is 7.43. The third-order valence-corrected chi connectivity index (χ3v) is 3.17. The average Bonchev–Trinajstić information content (AvgIpc) is 2.48. The van der Waals surface area contributed by atoms with Crippen molar-refractivity contribution in [3.05, 3.63) is 65.5 Å². The minimum Gasteiger partial charge on any atom is -0.496 e. The number of hydrogen-bond donors (Lipinski definition) is 1. The number of carbonyl (C=O) groups excluding carboxylic acids is 1. The van der Waals surface area contributed by atoms with Crippen LogP contribution in [0.4, 0.5) is 4.39 Å². The van der Waals surface area contributed by atoms with Crippen LogP contribution >= 0.6 is 0 Å². The van der Waals surface area contributed by atoms with Crippen LogP contribution in [0.25, 0.3) is 0 Å². The van der Waals surface area contributed by atoms with Gasteiger partial charge in [-0.15, -0.1) is 0 Å². The Morgan fingerprint density at radius 3 is 2.67 bits per heavy atom. The molecule has 0 aliphatic rings. The van der Waals surface area contributed by atoms with Crippen molar-refractivity contribution in [1.29, 1.82) is 0 Å². The molecule has 0 aliphatic carbocycles. The molecule has 4 heteroatoms. The maximum Gasteiger partial charge on any atom is 0.224 e. The van der Waals surface area contributed by atoms with Gasteiger partial charge in [-0.05, 0) is 30.2 Å². The molecule has 0 spiro atoms. The van der Waals surface area contributed by atoms with E-state index in [0.717, 1.165) is 6.42 Å². The lowest BCUT2D eigenvalue weighted by molar-refractivity contribution is -0.120. The summed E-state index contributed by atoms with van der Waals surface area (Å²) in [5, 5.41) is 2.83. The maximum absolute atomic E-state index is 13.2. The van der Waals surface area contributed by atoms with Gasteiger partial charge < -0.3 is 10.1 Å². The Kier molecular flexibility index (Phi) is 5.32. The van der Waals surface area contributed by atoms with Gasteiger partial charge in [-0.3, -0.25) is 4.79 Å². The lowest BCUT2D eigenvalue weighted by atomic mass is 10.1. The molecule has 0 heterocycles. The van der Waals surface area contributed by atoms with Crippen LogP contribution in [0.15, 0.2) is 48.5 Å². The first-order chi connectivity index (χ1) is 10.2. The van der Waals surface area contributed by atoms with E-state index in [2.05, 4.69) is 5.32 Å². The van der Waals surface area contributed by atoms with Crippen molar-refractivity contribution >= 4 is 5.91 Å². The zero-order chi connectivity index (χ0) is 15.1. The van der Waals surface area contributed by atoms with E-state index in [1.807, 2.05) is 30.3 Å². The Bertz CT molecular complexity index is 599. The van der Waals surface area contributed by atoms with Crippen molar-refractivity contribution in [2.75, 3.05) is 13.7 Å². The molecule has 2 aromatic rings. The molecule has 0 bridgehead atoms. The van der Waals surface area contributed by atoms with E-state index >= 15 is 0 Å². The molecule has 0 atom stereocenters. The number of benzene rings is 2. The zero-order valence-electron chi connectivity index (χ0n) is 11.9. The standard InChI is InChI=1S/C17H18FNO2/c1-21-16-8-7-15(18)11-14(16)12-17(20)19-10-9-13-5-3-2-4-6-13/h2-8,11H,9-10,12H2,1H3,(H,19,20). The number of methoxy groups -OCH3 is 1. The van der Waals surface area contributed by atoms with E-state index < -0.39 is 0 Å². The van der Waals surface area contributed by atoms with Gasteiger partial charge in [0.25, 0.3) is 0 Å². The van der Waals surface area contributed by atoms with Gasteiger partial charge in [0.05, 0.1) is 13.5 Å². The number of hydrogen-bond acceptors (Lipinski definition) is 2. The SMILES string of the molecule is COc1ccc(F)cc1CC(=O)NCCc1ccccc1. The molecule has 0 aliphatic heterocycles. The van der Waals surface area contributed by atoms with Crippen molar-refractivity contribution in [2.45, 2.75) is 12.8 Å². The van der Waals surface area contributed by atoms with Crippen LogP contribution in [0.3, 0.4) is 0 Å². The second-order valence-electron chi connectivity index (χ2n) is 4.72. The number of carbonyl (C=O) groups is 1. The Balaban J connectivity index is 1.86. The number of amides is 1. The van der Waals surface area contributed by atoms with Crippen LogP contribution in [-0.2, 0) is 17.6 Å². The topological polar surface area (TPSA) is 38.3 Å². The molecule has 0 saturated carbocycles. The summed E-state index contributed by atoms with van der Waals surface area (Å²) >= 11 is 0. The Morgan fingerprint density at radius 1 is 1.19 bits per heavy atom. The average molecular weight is 287 g/mol. The summed E-state index contributed by atoms with van der Waals surface area (Å²) < 4.78 is 18.3. The first-order valence-electron chi connectivity index (χ1n) is 6.82. The van der Waals surface area contributed by atoms with Crippen molar-refractivity contribution < 1.29 is 13.9 Å². The van der Waals surface area contributed by atoms with Crippen molar-refractivity contribution in [1.82, 2.24) is 5.32 Å². The van der Waals surface area contributed by atoms with E-state index in [0.29, 0.717) is 17.9 Å². The van der Waals surface area contributed by atoms with Gasteiger partial charge in [-0.2, -0.15) is 0 Å². The normalized spacial score (nSPS) is 10.2. The summed E-state index contributed by atoms with van der Waals surface area (Å²) in [4.78, 5) is 11.9. The molecule has 21 heavy (non-hydrogen) atoms. The van der Waals surface area contributed by atoms with Crippen LogP contribution in [0.2, 0.25) is 0 Å². The predicted molar refractivity (Wildman–Crippen MR) is 79.8 cm³/mol. The summed E-state index contributed by atoms with van der Waals surface area (Å²) in [5.74, 6) is 0.00678. The number of nitrogens with one attached hydrogen (secondary N) is 1. The molecule has 110 valence electrons. The van der Waals surface area contributed by atoms with Crippen LogP contribution in [-0.4, -0.2) is 19.6 Å². The fourth-order valence-corrected chi connectivity index (χ4v) is 2.11. The third-order valence-electron chi connectivity index (χ3n) is 3.17. The quantitative estimate of drug-likeness (QED) is 0.887. The molecule has 1 N–H and O–H groups in total. The molecule has 0 aromatic heterocycles. The first-order valence-corrected chi connectivity index (χ1v) is 6.82. The molecule has 2 aromatic carbocycles. The number of halogens is 1. The van der Waals surface area contributed by atoms with Crippen LogP contribution < -0.4 is 10.1 Å². The van der Waals surface area contributed by atoms with Gasteiger partial charge >= 0.3 is 0 Å². The molecule has 2 rings (SSSR count). The smallest absolute Gasteiger partial charge is 0.224 e. The van der Waals surface area contributed by atoms with E-state index in [9.17, 15) is 9.18 Å². The van der Waals surface area contributed by atoms with Crippen molar-refractivity contribution in [2.24, 2.45) is 0 Å². The number of ether oxygens (including phenoxy) is 1. The fourth-order valence-electron chi connectivity index (χ4n) is 2.11. The van der Waals surface area contributed by atoms with Gasteiger partial charge in [0.15, 0.2) is 0 Å². The van der Waals surface area contributed by atoms with E-state index in [-0.39, 0.29) is 18.1 Å². The van der Waals surface area contributed by atoms with Gasteiger partial charge in [0.2, 0.25) is 5.91 Å². The first kappa shape index (κ1) is 15.0. The summed E-state index contributed by atoms with van der Waals surface area (Å²) in [7, 11) is 1.50. The summed E-state index contributed by atoms with van der Waals surface area (Å²) in [5.41, 5.74) is 1.72. The second-order valence-corrected chi connectivity index (χ2v) is 4.72. The maximum atomic E-state index is 13.2. The fraction of sp³-hybridized carbons (Fsp3) is 0.235. The largest absolute Gasteiger partial charge is 0.496 e. The summed E-state index contributed by atoms with van der Waals surface area (Å²) in [6.07, 6.45) is 0.878. The molecule has 3 nitrogen and oxygen atoms in total. The van der Waals surface area contributed by atoms with Gasteiger partial charge in [-0.1, -0.05) is 30.3 Å². The highest BCUT2D eigenvalue weighted by molar-refractivity contribution is 5.79. The van der Waals surface area contributed by atoms with Crippen molar-refractivity contribution in [3.8, 4) is 5.75 Å². The Labute approximate surface area is 123 Å². The van der Waals surface area contributed by atoms with Crippen molar-refractivity contribution in [3.63, 3.8) is 0 Å². The molecule has 0 saturated heterocycles. The highest BCUT2D eigenvalue weighted by Crippen LogP contribution is 2.19. The zero-order valence-corrected chi connectivity index (χ0v) is 11.9. The highest BCUT2D eigenvalue weighted by Gasteiger charge is 2.09. The molecule has 1 amide bonds. The third kappa shape index (κ3) is 4.60. The summed E-state index contributed by atoms with van der Waals surface area (Å²) in [6, 6.07) is 14.1. The highest BCUT2D eigenvalue weighted by atomic mass is 19.1. The molecule has 0 radical (unpaired) electrons. The van der Waals surface area contributed by atoms with Crippen LogP contribution in [0.1, 0.15) is 11.1 Å². The van der Waals surface area contributed by atoms with Gasteiger partial charge in [-0.25, -0.2) is 4.39 Å². The minimum atomic E-state index is -0.372. The number of rotatable bonds is 6. The predicted octanol–water partition coefficient (Wildman–Crippen LogP) is 2.74. The van der Waals surface area contributed by atoms with E-state index in [1.165, 1.54) is 30.9 Å². The monoisotopic (exact) mass is 287 g/mol. The molecule has 0 unspecified atom stereocenters. The lowest BCUT2D eigenvalue weighted by Crippen LogP contribution is -2.27. The Hall–Kier alpha value is -2.36. The molecular formula is C17H18FNO2. The molecular weight excluding hydrogens is 269 g/mol. The Morgan fingerprint density at radius 2 is 1.95 bits per heavy atom. The lowest BCUT2D eigenvalue weighted by Gasteiger charge is -2.09.